The van der Waals surface area contributed by atoms with Gasteiger partial charge in [0.2, 0.25) is 0 Å². The standard InChI is InChI=1S/C24H28N2O3S2/c1-2-28-17-12-10-16(11-13-17)26-23(27)21-19-8-3-4-9-20(19)31-22(21)25-24(26)30-15-18-7-5-6-14-29-18/h10-13,18H,2-9,14-15H2,1H3/t18-/m1/s1. The Bertz CT molecular complexity index is 1110. The van der Waals surface area contributed by atoms with Crippen LogP contribution in [0.3, 0.4) is 0 Å². The summed E-state index contributed by atoms with van der Waals surface area (Å²) >= 11 is 3.35. The zero-order valence-corrected chi connectivity index (χ0v) is 19.5. The smallest absolute Gasteiger partial charge is 0.267 e. The molecule has 1 saturated heterocycles. The number of aryl methyl sites for hydroxylation is 2. The van der Waals surface area contributed by atoms with Gasteiger partial charge in [-0.1, -0.05) is 11.8 Å². The summed E-state index contributed by atoms with van der Waals surface area (Å²) in [6, 6.07) is 7.77. The summed E-state index contributed by atoms with van der Waals surface area (Å²) in [4.78, 5) is 21.1. The fourth-order valence-electron chi connectivity index (χ4n) is 4.48. The molecule has 1 aliphatic heterocycles. The van der Waals surface area contributed by atoms with Crippen molar-refractivity contribution >= 4 is 33.3 Å². The minimum Gasteiger partial charge on any atom is -0.494 e. The van der Waals surface area contributed by atoms with E-state index in [0.717, 1.165) is 71.3 Å². The first kappa shape index (κ1) is 21.0. The normalized spacial score (nSPS) is 18.8. The zero-order valence-electron chi connectivity index (χ0n) is 17.9. The number of ether oxygens (including phenoxy) is 2. The quantitative estimate of drug-likeness (QED) is 0.368. The van der Waals surface area contributed by atoms with Gasteiger partial charge >= 0.3 is 0 Å². The van der Waals surface area contributed by atoms with E-state index >= 15 is 0 Å². The van der Waals surface area contributed by atoms with E-state index in [1.165, 1.54) is 23.3 Å². The Morgan fingerprint density at radius 1 is 1.19 bits per heavy atom. The third kappa shape index (κ3) is 4.28. The second-order valence-electron chi connectivity index (χ2n) is 8.15. The summed E-state index contributed by atoms with van der Waals surface area (Å²) < 4.78 is 13.3. The third-order valence-corrected chi connectivity index (χ3v) is 8.29. The lowest BCUT2D eigenvalue weighted by atomic mass is 9.97. The molecule has 0 N–H and O–H groups in total. The van der Waals surface area contributed by atoms with Crippen LogP contribution in [0.5, 0.6) is 5.75 Å². The van der Waals surface area contributed by atoms with Crippen LogP contribution in [-0.4, -0.2) is 34.6 Å². The molecule has 5 nitrogen and oxygen atoms in total. The average molecular weight is 457 g/mol. The number of thiophene rings is 1. The lowest BCUT2D eigenvalue weighted by Crippen LogP contribution is -2.24. The minimum atomic E-state index is 0.0561. The first-order valence-electron chi connectivity index (χ1n) is 11.3. The fraction of sp³-hybridized carbons (Fsp3) is 0.500. The highest BCUT2D eigenvalue weighted by atomic mass is 32.2. The van der Waals surface area contributed by atoms with E-state index < -0.39 is 0 Å². The largest absolute Gasteiger partial charge is 0.494 e. The van der Waals surface area contributed by atoms with E-state index in [0.29, 0.717) is 6.61 Å². The highest BCUT2D eigenvalue weighted by Crippen LogP contribution is 2.35. The van der Waals surface area contributed by atoms with Gasteiger partial charge in [0, 0.05) is 17.2 Å². The molecule has 164 valence electrons. The molecule has 1 aromatic carbocycles. The molecule has 0 spiro atoms. The molecule has 7 heteroatoms. The number of fused-ring (bicyclic) bond motifs is 3. The molecular formula is C24H28N2O3S2. The first-order valence-corrected chi connectivity index (χ1v) is 13.1. The average Bonchev–Trinajstić information content (AvgIpc) is 3.18. The van der Waals surface area contributed by atoms with Crippen LogP contribution >= 0.6 is 23.1 Å². The molecule has 3 aromatic rings. The number of rotatable bonds is 6. The molecule has 2 aromatic heterocycles. The Morgan fingerprint density at radius 3 is 2.81 bits per heavy atom. The SMILES string of the molecule is CCOc1ccc(-n2c(SC[C@H]3CCCCO3)nc3sc4c(c3c2=O)CCCC4)cc1. The molecule has 0 radical (unpaired) electrons. The van der Waals surface area contributed by atoms with Crippen molar-refractivity contribution in [3.05, 3.63) is 45.1 Å². The van der Waals surface area contributed by atoms with Crippen molar-refractivity contribution in [1.82, 2.24) is 9.55 Å². The zero-order chi connectivity index (χ0) is 21.2. The number of hydrogen-bond acceptors (Lipinski definition) is 6. The second-order valence-corrected chi connectivity index (χ2v) is 10.2. The number of benzene rings is 1. The molecule has 1 aliphatic carbocycles. The molecule has 0 bridgehead atoms. The number of nitrogens with zero attached hydrogens (tertiary/aromatic N) is 2. The molecule has 3 heterocycles. The molecule has 1 fully saturated rings. The van der Waals surface area contributed by atoms with Gasteiger partial charge in [-0.05, 0) is 81.7 Å². The van der Waals surface area contributed by atoms with Crippen LogP contribution in [0.25, 0.3) is 15.9 Å². The van der Waals surface area contributed by atoms with Gasteiger partial charge in [-0.3, -0.25) is 9.36 Å². The van der Waals surface area contributed by atoms with Gasteiger partial charge in [-0.2, -0.15) is 0 Å². The minimum absolute atomic E-state index is 0.0561. The molecule has 1 atom stereocenters. The Balaban J connectivity index is 1.58. The van der Waals surface area contributed by atoms with Gasteiger partial charge < -0.3 is 9.47 Å². The summed E-state index contributed by atoms with van der Waals surface area (Å²) in [5.74, 6) is 1.63. The lowest BCUT2D eigenvalue weighted by molar-refractivity contribution is 0.0315. The summed E-state index contributed by atoms with van der Waals surface area (Å²) in [5.41, 5.74) is 2.13. The highest BCUT2D eigenvalue weighted by Gasteiger charge is 2.24. The van der Waals surface area contributed by atoms with Crippen molar-refractivity contribution < 1.29 is 9.47 Å². The van der Waals surface area contributed by atoms with Gasteiger partial charge in [0.05, 0.1) is 23.8 Å². The number of aromatic nitrogens is 2. The van der Waals surface area contributed by atoms with Gasteiger partial charge in [0.25, 0.3) is 5.56 Å². The van der Waals surface area contributed by atoms with Gasteiger partial charge in [0.15, 0.2) is 5.16 Å². The number of hydrogen-bond donors (Lipinski definition) is 0. The van der Waals surface area contributed by atoms with Crippen LogP contribution in [0, 0.1) is 0 Å². The highest BCUT2D eigenvalue weighted by molar-refractivity contribution is 7.99. The van der Waals surface area contributed by atoms with E-state index in [4.69, 9.17) is 14.5 Å². The molecule has 0 saturated carbocycles. The van der Waals surface area contributed by atoms with Crippen molar-refractivity contribution in [3.63, 3.8) is 0 Å². The Morgan fingerprint density at radius 2 is 2.03 bits per heavy atom. The summed E-state index contributed by atoms with van der Waals surface area (Å²) in [6.07, 6.45) is 8.07. The van der Waals surface area contributed by atoms with E-state index in [-0.39, 0.29) is 11.7 Å². The van der Waals surface area contributed by atoms with Crippen molar-refractivity contribution in [3.8, 4) is 11.4 Å². The van der Waals surface area contributed by atoms with Crippen LogP contribution < -0.4 is 10.3 Å². The Hall–Kier alpha value is -1.83. The van der Waals surface area contributed by atoms with Crippen molar-refractivity contribution in [2.24, 2.45) is 0 Å². The second kappa shape index (κ2) is 9.35. The van der Waals surface area contributed by atoms with Gasteiger partial charge in [0.1, 0.15) is 10.6 Å². The lowest BCUT2D eigenvalue weighted by Gasteiger charge is -2.22. The van der Waals surface area contributed by atoms with E-state index in [2.05, 4.69) is 0 Å². The Labute approximate surface area is 190 Å². The van der Waals surface area contributed by atoms with Crippen LogP contribution in [0.4, 0.5) is 0 Å². The van der Waals surface area contributed by atoms with Gasteiger partial charge in [-0.15, -0.1) is 11.3 Å². The maximum atomic E-state index is 13.8. The van der Waals surface area contributed by atoms with Crippen LogP contribution in [0.15, 0.2) is 34.2 Å². The predicted octanol–water partition coefficient (Wildman–Crippen LogP) is 5.39. The summed E-state index contributed by atoms with van der Waals surface area (Å²) in [5, 5.41) is 1.58. The maximum absolute atomic E-state index is 13.8. The summed E-state index contributed by atoms with van der Waals surface area (Å²) in [7, 11) is 0. The first-order chi connectivity index (χ1) is 15.2. The van der Waals surface area contributed by atoms with Crippen molar-refractivity contribution in [2.75, 3.05) is 19.0 Å². The van der Waals surface area contributed by atoms with Crippen LogP contribution in [0.2, 0.25) is 0 Å². The molecule has 0 unspecified atom stereocenters. The summed E-state index contributed by atoms with van der Waals surface area (Å²) in [6.45, 7) is 3.43. The van der Waals surface area contributed by atoms with E-state index in [9.17, 15) is 4.79 Å². The topological polar surface area (TPSA) is 53.4 Å². The molecule has 0 amide bonds. The molecule has 2 aliphatic rings. The van der Waals surface area contributed by atoms with E-state index in [1.807, 2.05) is 31.2 Å². The van der Waals surface area contributed by atoms with Crippen molar-refractivity contribution in [1.29, 1.82) is 0 Å². The fourth-order valence-corrected chi connectivity index (χ4v) is 6.86. The van der Waals surface area contributed by atoms with Crippen LogP contribution in [0.1, 0.15) is 49.5 Å². The predicted molar refractivity (Wildman–Crippen MR) is 127 cm³/mol. The number of thioether (sulfide) groups is 1. The van der Waals surface area contributed by atoms with Crippen LogP contribution in [-0.2, 0) is 17.6 Å². The Kier molecular flexibility index (Phi) is 6.34. The molecule has 5 rings (SSSR count). The third-order valence-electron chi connectivity index (χ3n) is 6.04. The van der Waals surface area contributed by atoms with E-state index in [1.54, 1.807) is 27.7 Å². The monoisotopic (exact) mass is 456 g/mol. The molecule has 31 heavy (non-hydrogen) atoms. The van der Waals surface area contributed by atoms with Gasteiger partial charge in [-0.25, -0.2) is 4.98 Å². The van der Waals surface area contributed by atoms with Crippen molar-refractivity contribution in [2.45, 2.75) is 63.1 Å². The maximum Gasteiger partial charge on any atom is 0.267 e. The molecular weight excluding hydrogens is 428 g/mol.